The van der Waals surface area contributed by atoms with Gasteiger partial charge in [-0.25, -0.2) is 13.6 Å². The second kappa shape index (κ2) is 6.42. The van der Waals surface area contributed by atoms with E-state index in [1.807, 2.05) is 0 Å². The van der Waals surface area contributed by atoms with E-state index in [2.05, 4.69) is 4.74 Å². The van der Waals surface area contributed by atoms with Crippen LogP contribution in [0, 0.1) is 18.6 Å². The van der Waals surface area contributed by atoms with E-state index in [1.165, 1.54) is 20.1 Å². The van der Waals surface area contributed by atoms with Crippen molar-refractivity contribution in [2.45, 2.75) is 13.0 Å². The topological polar surface area (TPSA) is 61.5 Å². The van der Waals surface area contributed by atoms with Gasteiger partial charge in [0, 0.05) is 11.6 Å². The Morgan fingerprint density at radius 2 is 2.06 bits per heavy atom. The summed E-state index contributed by atoms with van der Waals surface area (Å²) < 4.78 is 35.9. The molecule has 0 saturated carbocycles. The van der Waals surface area contributed by atoms with E-state index in [4.69, 9.17) is 10.5 Å². The highest BCUT2D eigenvalue weighted by molar-refractivity contribution is 5.70. The average Bonchev–Trinajstić information content (AvgIpc) is 2.33. The highest BCUT2D eigenvalue weighted by Crippen LogP contribution is 2.19. The van der Waals surface area contributed by atoms with E-state index >= 15 is 0 Å². The van der Waals surface area contributed by atoms with Gasteiger partial charge in [-0.3, -0.25) is 0 Å². The van der Waals surface area contributed by atoms with Crippen molar-refractivity contribution >= 4 is 5.97 Å². The Balaban J connectivity index is 2.64. The molecule has 0 spiro atoms. The van der Waals surface area contributed by atoms with Crippen LogP contribution in [-0.2, 0) is 14.3 Å². The molecule has 0 aromatic heterocycles. The summed E-state index contributed by atoms with van der Waals surface area (Å²) in [5, 5.41) is 0. The molecule has 18 heavy (non-hydrogen) atoms. The summed E-state index contributed by atoms with van der Waals surface area (Å²) in [5.74, 6) is -1.90. The zero-order valence-electron chi connectivity index (χ0n) is 10.2. The summed E-state index contributed by atoms with van der Waals surface area (Å²) >= 11 is 0. The van der Waals surface area contributed by atoms with Gasteiger partial charge in [-0.15, -0.1) is 0 Å². The summed E-state index contributed by atoms with van der Waals surface area (Å²) in [7, 11) is 1.23. The zero-order valence-corrected chi connectivity index (χ0v) is 10.2. The summed E-state index contributed by atoms with van der Waals surface area (Å²) in [6, 6.07) is 1.34. The Labute approximate surface area is 104 Å². The van der Waals surface area contributed by atoms with Gasteiger partial charge in [0.2, 0.25) is 0 Å². The standard InChI is InChI=1S/C12H15F2NO3/c1-7-3-8(10(14)4-9(7)13)11(15)5-18-6-12(16)17-2/h3-4,11H,5-6,15H2,1-2H3. The molecule has 0 amide bonds. The summed E-state index contributed by atoms with van der Waals surface area (Å²) in [5.41, 5.74) is 6.16. The second-order valence-corrected chi connectivity index (χ2v) is 3.82. The number of hydrogen-bond acceptors (Lipinski definition) is 4. The van der Waals surface area contributed by atoms with E-state index < -0.39 is 23.6 Å². The maximum atomic E-state index is 13.5. The minimum Gasteiger partial charge on any atom is -0.467 e. The lowest BCUT2D eigenvalue weighted by atomic mass is 10.0. The number of halogens is 2. The van der Waals surface area contributed by atoms with E-state index in [-0.39, 0.29) is 18.8 Å². The molecule has 1 atom stereocenters. The van der Waals surface area contributed by atoms with Crippen molar-refractivity contribution in [2.24, 2.45) is 5.73 Å². The van der Waals surface area contributed by atoms with Crippen molar-refractivity contribution in [3.63, 3.8) is 0 Å². The Kier molecular flexibility index (Phi) is 5.18. The lowest BCUT2D eigenvalue weighted by molar-refractivity contribution is -0.146. The number of hydrogen-bond donors (Lipinski definition) is 1. The van der Waals surface area contributed by atoms with Crippen LogP contribution in [0.5, 0.6) is 0 Å². The van der Waals surface area contributed by atoms with E-state index in [1.54, 1.807) is 0 Å². The zero-order chi connectivity index (χ0) is 13.7. The molecule has 6 heteroatoms. The SMILES string of the molecule is COC(=O)COCC(N)c1cc(C)c(F)cc1F. The number of carbonyl (C=O) groups excluding carboxylic acids is 1. The molecule has 0 saturated heterocycles. The highest BCUT2D eigenvalue weighted by Gasteiger charge is 2.15. The Morgan fingerprint density at radius 1 is 1.39 bits per heavy atom. The maximum Gasteiger partial charge on any atom is 0.331 e. The molecule has 1 unspecified atom stereocenters. The highest BCUT2D eigenvalue weighted by atomic mass is 19.1. The molecule has 0 radical (unpaired) electrons. The van der Waals surface area contributed by atoms with Gasteiger partial charge in [-0.2, -0.15) is 0 Å². The largest absolute Gasteiger partial charge is 0.467 e. The van der Waals surface area contributed by atoms with E-state index in [9.17, 15) is 13.6 Å². The monoisotopic (exact) mass is 259 g/mol. The van der Waals surface area contributed by atoms with E-state index in [0.717, 1.165) is 6.07 Å². The van der Waals surface area contributed by atoms with Gasteiger partial charge in [0.25, 0.3) is 0 Å². The van der Waals surface area contributed by atoms with Crippen LogP contribution in [0.2, 0.25) is 0 Å². The summed E-state index contributed by atoms with van der Waals surface area (Å²) in [6.45, 7) is 1.20. The third kappa shape index (κ3) is 3.75. The third-order valence-corrected chi connectivity index (χ3v) is 2.42. The lowest BCUT2D eigenvalue weighted by Gasteiger charge is -2.14. The van der Waals surface area contributed by atoms with Gasteiger partial charge >= 0.3 is 5.97 Å². The fourth-order valence-corrected chi connectivity index (χ4v) is 1.38. The predicted molar refractivity (Wildman–Crippen MR) is 60.9 cm³/mol. The van der Waals surface area contributed by atoms with Crippen molar-refractivity contribution in [3.8, 4) is 0 Å². The van der Waals surface area contributed by atoms with Crippen LogP contribution in [0.1, 0.15) is 17.2 Å². The second-order valence-electron chi connectivity index (χ2n) is 3.82. The molecule has 0 aliphatic rings. The molecule has 0 aliphatic carbocycles. The first-order valence-corrected chi connectivity index (χ1v) is 5.31. The summed E-state index contributed by atoms with van der Waals surface area (Å²) in [4.78, 5) is 10.8. The normalized spacial score (nSPS) is 12.3. The van der Waals surface area contributed by atoms with Gasteiger partial charge in [-0.05, 0) is 18.6 Å². The minimum atomic E-state index is -0.769. The van der Waals surface area contributed by atoms with Crippen molar-refractivity contribution in [1.82, 2.24) is 0 Å². The van der Waals surface area contributed by atoms with Crippen LogP contribution < -0.4 is 5.73 Å². The number of esters is 1. The van der Waals surface area contributed by atoms with E-state index in [0.29, 0.717) is 5.56 Å². The van der Waals surface area contributed by atoms with Gasteiger partial charge in [0.1, 0.15) is 18.2 Å². The molecule has 2 N–H and O–H groups in total. The summed E-state index contributed by atoms with van der Waals surface area (Å²) in [6.07, 6.45) is 0. The number of ether oxygens (including phenoxy) is 2. The molecule has 1 aromatic rings. The van der Waals surface area contributed by atoms with Crippen molar-refractivity contribution in [2.75, 3.05) is 20.3 Å². The Morgan fingerprint density at radius 3 is 2.67 bits per heavy atom. The molecule has 1 aromatic carbocycles. The Bertz CT molecular complexity index is 438. The first-order valence-electron chi connectivity index (χ1n) is 5.31. The molecule has 0 fully saturated rings. The first kappa shape index (κ1) is 14.5. The van der Waals surface area contributed by atoms with Gasteiger partial charge < -0.3 is 15.2 Å². The first-order chi connectivity index (χ1) is 8.45. The van der Waals surface area contributed by atoms with Gasteiger partial charge in [-0.1, -0.05) is 0 Å². The van der Waals surface area contributed by atoms with Gasteiger partial charge in [0.15, 0.2) is 0 Å². The molecular weight excluding hydrogens is 244 g/mol. The number of benzene rings is 1. The predicted octanol–water partition coefficient (Wildman–Crippen LogP) is 1.46. The fraction of sp³-hybridized carbons (Fsp3) is 0.417. The fourth-order valence-electron chi connectivity index (χ4n) is 1.38. The smallest absolute Gasteiger partial charge is 0.331 e. The minimum absolute atomic E-state index is 0.0584. The lowest BCUT2D eigenvalue weighted by Crippen LogP contribution is -2.21. The average molecular weight is 259 g/mol. The molecule has 0 heterocycles. The molecule has 100 valence electrons. The van der Waals surface area contributed by atoms with Crippen molar-refractivity contribution in [1.29, 1.82) is 0 Å². The van der Waals surface area contributed by atoms with Crippen LogP contribution in [0.25, 0.3) is 0 Å². The van der Waals surface area contributed by atoms with Crippen LogP contribution in [0.15, 0.2) is 12.1 Å². The molecule has 4 nitrogen and oxygen atoms in total. The third-order valence-electron chi connectivity index (χ3n) is 2.42. The molecule has 0 aliphatic heterocycles. The van der Waals surface area contributed by atoms with Crippen LogP contribution >= 0.6 is 0 Å². The Hall–Kier alpha value is -1.53. The number of aryl methyl sites for hydroxylation is 1. The van der Waals surface area contributed by atoms with Crippen molar-refractivity contribution < 1.29 is 23.0 Å². The molecule has 1 rings (SSSR count). The molecular formula is C12H15F2NO3. The maximum absolute atomic E-state index is 13.5. The number of methoxy groups -OCH3 is 1. The molecule has 0 bridgehead atoms. The number of rotatable bonds is 5. The quantitative estimate of drug-likeness (QED) is 0.813. The number of carbonyl (C=O) groups is 1. The van der Waals surface area contributed by atoms with Crippen molar-refractivity contribution in [3.05, 3.63) is 34.9 Å². The number of nitrogens with two attached hydrogens (primary N) is 1. The van der Waals surface area contributed by atoms with Crippen LogP contribution in [0.3, 0.4) is 0 Å². The van der Waals surface area contributed by atoms with Crippen LogP contribution in [0.4, 0.5) is 8.78 Å². The van der Waals surface area contributed by atoms with Crippen LogP contribution in [-0.4, -0.2) is 26.3 Å². The van der Waals surface area contributed by atoms with Gasteiger partial charge in [0.05, 0.1) is 19.8 Å².